The topological polar surface area (TPSA) is 0 Å². The van der Waals surface area contributed by atoms with Crippen molar-refractivity contribution in [2.24, 2.45) is 0 Å². The molecule has 0 atom stereocenters. The molecule has 0 rings (SSSR count). The summed E-state index contributed by atoms with van der Waals surface area (Å²) in [7, 11) is 0. The van der Waals surface area contributed by atoms with Crippen molar-refractivity contribution in [3.63, 3.8) is 0 Å². The van der Waals surface area contributed by atoms with Gasteiger partial charge in [-0.05, 0) is 18.9 Å². The Morgan fingerprint density at radius 1 is 1.15 bits per heavy atom. The fourth-order valence-corrected chi connectivity index (χ4v) is 0.837. The Labute approximate surface area is 81.7 Å². The molecule has 0 heteroatoms. The zero-order chi connectivity index (χ0) is 9.94. The Morgan fingerprint density at radius 2 is 1.92 bits per heavy atom. The van der Waals surface area contributed by atoms with E-state index >= 15 is 0 Å². The van der Waals surface area contributed by atoms with Crippen LogP contribution < -0.4 is 0 Å². The van der Waals surface area contributed by atoms with Crippen LogP contribution in [0, 0.1) is 0 Å². The lowest BCUT2D eigenvalue weighted by Gasteiger charge is -1.91. The largest absolute Gasteiger partial charge is 0.0991 e. The molecule has 0 saturated carbocycles. The molecule has 0 aliphatic rings. The van der Waals surface area contributed by atoms with Crippen LogP contribution in [0.1, 0.15) is 20.3 Å². The van der Waals surface area contributed by atoms with E-state index in [2.05, 4.69) is 25.7 Å². The van der Waals surface area contributed by atoms with Crippen LogP contribution in [-0.2, 0) is 0 Å². The molecule has 0 saturated heterocycles. The van der Waals surface area contributed by atoms with Crippen LogP contribution in [0.25, 0.3) is 0 Å². The summed E-state index contributed by atoms with van der Waals surface area (Å²) in [5.74, 6) is 0. The van der Waals surface area contributed by atoms with E-state index in [9.17, 15) is 0 Å². The monoisotopic (exact) mass is 174 g/mol. The molecule has 0 aliphatic carbocycles. The van der Waals surface area contributed by atoms with Gasteiger partial charge in [-0.25, -0.2) is 0 Å². The first kappa shape index (κ1) is 11.7. The van der Waals surface area contributed by atoms with Gasteiger partial charge in [0.15, 0.2) is 0 Å². The third-order valence-electron chi connectivity index (χ3n) is 1.58. The number of hydrogen-bond donors (Lipinski definition) is 0. The number of rotatable bonds is 5. The Kier molecular flexibility index (Phi) is 7.91. The highest BCUT2D eigenvalue weighted by Crippen LogP contribution is 2.02. The van der Waals surface area contributed by atoms with Gasteiger partial charge >= 0.3 is 0 Å². The minimum Gasteiger partial charge on any atom is -0.0991 e. The van der Waals surface area contributed by atoms with Gasteiger partial charge in [-0.3, -0.25) is 0 Å². The van der Waals surface area contributed by atoms with Crippen molar-refractivity contribution >= 4 is 0 Å². The molecule has 0 bridgehead atoms. The van der Waals surface area contributed by atoms with E-state index in [-0.39, 0.29) is 0 Å². The van der Waals surface area contributed by atoms with Crippen molar-refractivity contribution in [1.82, 2.24) is 0 Å². The predicted octanol–water partition coefficient (Wildman–Crippen LogP) is 4.20. The van der Waals surface area contributed by atoms with E-state index in [4.69, 9.17) is 0 Å². The molecule has 0 aromatic rings. The lowest BCUT2D eigenvalue weighted by atomic mass is 10.1. The lowest BCUT2D eigenvalue weighted by molar-refractivity contribution is 1.15. The zero-order valence-corrected chi connectivity index (χ0v) is 8.53. The van der Waals surface area contributed by atoms with E-state index < -0.39 is 0 Å². The van der Waals surface area contributed by atoms with E-state index in [0.29, 0.717) is 0 Å². The van der Waals surface area contributed by atoms with Gasteiger partial charge in [0.1, 0.15) is 0 Å². The molecule has 0 unspecified atom stereocenters. The molecule has 0 aromatic carbocycles. The predicted molar refractivity (Wildman–Crippen MR) is 61.7 cm³/mol. The second kappa shape index (κ2) is 8.79. The van der Waals surface area contributed by atoms with Crippen LogP contribution in [0.3, 0.4) is 0 Å². The lowest BCUT2D eigenvalue weighted by Crippen LogP contribution is -1.71. The first-order chi connectivity index (χ1) is 6.35. The highest BCUT2D eigenvalue weighted by Gasteiger charge is 1.82. The van der Waals surface area contributed by atoms with Gasteiger partial charge in [0.25, 0.3) is 0 Å². The summed E-state index contributed by atoms with van der Waals surface area (Å²) in [6, 6.07) is 0. The normalized spacial score (nSPS) is 13.5. The summed E-state index contributed by atoms with van der Waals surface area (Å²) in [4.78, 5) is 0. The van der Waals surface area contributed by atoms with E-state index in [1.54, 1.807) is 6.08 Å². The van der Waals surface area contributed by atoms with E-state index in [0.717, 1.165) is 6.42 Å². The minimum atomic E-state index is 1.05. The Hall–Kier alpha value is -1.30. The molecular weight excluding hydrogens is 156 g/mol. The van der Waals surface area contributed by atoms with Crippen molar-refractivity contribution < 1.29 is 0 Å². The maximum atomic E-state index is 3.63. The van der Waals surface area contributed by atoms with Crippen LogP contribution >= 0.6 is 0 Å². The fourth-order valence-electron chi connectivity index (χ4n) is 0.837. The average Bonchev–Trinajstić information content (AvgIpc) is 2.17. The Morgan fingerprint density at radius 3 is 2.46 bits per heavy atom. The summed E-state index contributed by atoms with van der Waals surface area (Å²) in [6.45, 7) is 7.78. The van der Waals surface area contributed by atoms with Crippen molar-refractivity contribution in [3.8, 4) is 0 Å². The number of hydrogen-bond acceptors (Lipinski definition) is 0. The molecule has 0 spiro atoms. The second-order valence-electron chi connectivity index (χ2n) is 2.60. The highest BCUT2D eigenvalue weighted by molar-refractivity contribution is 5.26. The van der Waals surface area contributed by atoms with Gasteiger partial charge in [-0.1, -0.05) is 62.1 Å². The van der Waals surface area contributed by atoms with E-state index in [1.807, 2.05) is 37.3 Å². The Bertz CT molecular complexity index is 237. The van der Waals surface area contributed by atoms with Crippen LogP contribution in [0.4, 0.5) is 0 Å². The maximum absolute atomic E-state index is 3.63. The van der Waals surface area contributed by atoms with Crippen molar-refractivity contribution in [3.05, 3.63) is 60.8 Å². The molecule has 13 heavy (non-hydrogen) atoms. The maximum Gasteiger partial charge on any atom is -0.0307 e. The SMILES string of the molecule is C=C\C=C/C(=C/C=C\C=C/C)CC. The van der Waals surface area contributed by atoms with Gasteiger partial charge < -0.3 is 0 Å². The molecule has 0 heterocycles. The highest BCUT2D eigenvalue weighted by atomic mass is 13.9. The first-order valence-corrected chi connectivity index (χ1v) is 4.62. The van der Waals surface area contributed by atoms with Gasteiger partial charge in [-0.2, -0.15) is 0 Å². The molecule has 0 N–H and O–H groups in total. The second-order valence-corrected chi connectivity index (χ2v) is 2.60. The van der Waals surface area contributed by atoms with Crippen molar-refractivity contribution in [2.45, 2.75) is 20.3 Å². The van der Waals surface area contributed by atoms with Gasteiger partial charge in [0.05, 0.1) is 0 Å². The molecular formula is C13H18. The molecule has 0 aromatic heterocycles. The molecule has 0 amide bonds. The van der Waals surface area contributed by atoms with Crippen LogP contribution in [0.15, 0.2) is 60.8 Å². The van der Waals surface area contributed by atoms with E-state index in [1.165, 1.54) is 5.57 Å². The molecule has 70 valence electrons. The van der Waals surface area contributed by atoms with Gasteiger partial charge in [0, 0.05) is 0 Å². The third kappa shape index (κ3) is 7.07. The van der Waals surface area contributed by atoms with Crippen LogP contribution in [-0.4, -0.2) is 0 Å². The Balaban J connectivity index is 4.21. The summed E-state index contributed by atoms with van der Waals surface area (Å²) in [5.41, 5.74) is 1.31. The summed E-state index contributed by atoms with van der Waals surface area (Å²) >= 11 is 0. The summed E-state index contributed by atoms with van der Waals surface area (Å²) in [6.07, 6.45) is 17.1. The van der Waals surface area contributed by atoms with Crippen LogP contribution in [0.5, 0.6) is 0 Å². The minimum absolute atomic E-state index is 1.05. The van der Waals surface area contributed by atoms with Gasteiger partial charge in [-0.15, -0.1) is 0 Å². The van der Waals surface area contributed by atoms with Crippen molar-refractivity contribution in [2.75, 3.05) is 0 Å². The smallest absolute Gasteiger partial charge is 0.0307 e. The number of allylic oxidation sites excluding steroid dienone is 9. The molecule has 0 fully saturated rings. The summed E-state index contributed by atoms with van der Waals surface area (Å²) < 4.78 is 0. The first-order valence-electron chi connectivity index (χ1n) is 4.62. The zero-order valence-electron chi connectivity index (χ0n) is 8.53. The van der Waals surface area contributed by atoms with Gasteiger partial charge in [0.2, 0.25) is 0 Å². The molecule has 0 aliphatic heterocycles. The van der Waals surface area contributed by atoms with Crippen LogP contribution in [0.2, 0.25) is 0 Å². The standard InChI is InChI=1S/C13H18/c1-4-7-9-10-12-13(6-3)11-8-5-2/h4-5,7-12H,2,6H2,1,3H3/b7-4-,10-9-,11-8-,13-12+. The summed E-state index contributed by atoms with van der Waals surface area (Å²) in [5, 5.41) is 0. The quantitative estimate of drug-likeness (QED) is 0.548. The molecule has 0 nitrogen and oxygen atoms in total. The molecule has 0 radical (unpaired) electrons. The average molecular weight is 174 g/mol. The fraction of sp³-hybridized carbons (Fsp3) is 0.231. The van der Waals surface area contributed by atoms with Crippen molar-refractivity contribution in [1.29, 1.82) is 0 Å². The third-order valence-corrected chi connectivity index (χ3v) is 1.58.